The van der Waals surface area contributed by atoms with Crippen LogP contribution in [0.1, 0.15) is 0 Å². The van der Waals surface area contributed by atoms with Crippen molar-refractivity contribution in [3.05, 3.63) is 58.4 Å². The molecule has 1 aromatic heterocycles. The van der Waals surface area contributed by atoms with Gasteiger partial charge in [-0.05, 0) is 24.3 Å². The monoisotopic (exact) mass is 342 g/mol. The normalized spacial score (nSPS) is 11.7. The Hall–Kier alpha value is -2.97. The summed E-state index contributed by atoms with van der Waals surface area (Å²) in [6.07, 6.45) is -5.16. The Balaban J connectivity index is 2.14. The number of H-pyrrole nitrogens is 1. The second-order valence-corrected chi connectivity index (χ2v) is 4.72. The van der Waals surface area contributed by atoms with Crippen LogP contribution in [0, 0.1) is 11.6 Å². The van der Waals surface area contributed by atoms with Crippen LogP contribution in [0.3, 0.4) is 0 Å². The number of aromatic amines is 1. The summed E-state index contributed by atoms with van der Waals surface area (Å²) in [4.78, 5) is 18.2. The summed E-state index contributed by atoms with van der Waals surface area (Å²) >= 11 is 0. The Morgan fingerprint density at radius 3 is 2.42 bits per heavy atom. The van der Waals surface area contributed by atoms with E-state index in [0.29, 0.717) is 6.07 Å². The van der Waals surface area contributed by atoms with Gasteiger partial charge >= 0.3 is 6.36 Å². The molecule has 1 heterocycles. The van der Waals surface area contributed by atoms with E-state index >= 15 is 0 Å². The van der Waals surface area contributed by atoms with E-state index in [4.69, 9.17) is 0 Å². The molecule has 4 nitrogen and oxygen atoms in total. The third kappa shape index (κ3) is 2.92. The lowest BCUT2D eigenvalue weighted by molar-refractivity contribution is -0.275. The molecule has 3 aromatic rings. The summed E-state index contributed by atoms with van der Waals surface area (Å²) in [5.74, 6) is -5.07. The van der Waals surface area contributed by atoms with E-state index in [2.05, 4.69) is 14.7 Å². The number of benzene rings is 2. The van der Waals surface area contributed by atoms with Crippen molar-refractivity contribution < 1.29 is 26.7 Å². The van der Waals surface area contributed by atoms with Crippen molar-refractivity contribution in [2.45, 2.75) is 6.36 Å². The van der Waals surface area contributed by atoms with Crippen molar-refractivity contribution in [1.82, 2.24) is 9.97 Å². The van der Waals surface area contributed by atoms with E-state index < -0.39 is 34.9 Å². The van der Waals surface area contributed by atoms with E-state index in [1.165, 1.54) is 12.1 Å². The Kier molecular flexibility index (Phi) is 3.70. The number of alkyl halides is 3. The molecule has 0 bridgehead atoms. The van der Waals surface area contributed by atoms with Crippen LogP contribution in [0.25, 0.3) is 22.3 Å². The highest BCUT2D eigenvalue weighted by Gasteiger charge is 2.33. The van der Waals surface area contributed by atoms with Crippen LogP contribution in [0.15, 0.2) is 41.2 Å². The highest BCUT2D eigenvalue weighted by molar-refractivity contribution is 5.79. The zero-order chi connectivity index (χ0) is 17.5. The predicted molar refractivity (Wildman–Crippen MR) is 74.4 cm³/mol. The third-order valence-corrected chi connectivity index (χ3v) is 3.14. The molecular weight excluding hydrogens is 335 g/mol. The SMILES string of the molecule is O=c1[nH]c(-c2ccc(OC(F)(F)F)c(F)c2F)nc2ccccc12. The maximum Gasteiger partial charge on any atom is 0.573 e. The summed E-state index contributed by atoms with van der Waals surface area (Å²) in [5, 5.41) is 0.235. The second kappa shape index (κ2) is 5.59. The van der Waals surface area contributed by atoms with Gasteiger partial charge in [0, 0.05) is 0 Å². The number of fused-ring (bicyclic) bond motifs is 1. The van der Waals surface area contributed by atoms with E-state index in [-0.39, 0.29) is 16.7 Å². The zero-order valence-electron chi connectivity index (χ0n) is 11.6. The molecule has 3 rings (SSSR count). The summed E-state index contributed by atoms with van der Waals surface area (Å²) < 4.78 is 67.6. The molecule has 2 aromatic carbocycles. The average Bonchev–Trinajstić information content (AvgIpc) is 2.51. The van der Waals surface area contributed by atoms with Gasteiger partial charge in [0.15, 0.2) is 11.6 Å². The Morgan fingerprint density at radius 1 is 1.00 bits per heavy atom. The fourth-order valence-corrected chi connectivity index (χ4v) is 2.13. The standard InChI is InChI=1S/C15H7F5N2O2/c16-11-8(5-6-10(12(11)17)24-15(18,19)20)13-21-9-4-2-1-3-7(9)14(23)22-13/h1-6H,(H,21,22,23). The van der Waals surface area contributed by atoms with Gasteiger partial charge in [-0.1, -0.05) is 12.1 Å². The van der Waals surface area contributed by atoms with Gasteiger partial charge in [0.1, 0.15) is 5.82 Å². The minimum atomic E-state index is -5.16. The molecule has 0 aliphatic heterocycles. The first kappa shape index (κ1) is 15.9. The maximum absolute atomic E-state index is 14.1. The minimum absolute atomic E-state index is 0.228. The van der Waals surface area contributed by atoms with Crippen molar-refractivity contribution in [2.24, 2.45) is 0 Å². The number of ether oxygens (including phenoxy) is 1. The van der Waals surface area contributed by atoms with Crippen molar-refractivity contribution in [3.8, 4) is 17.1 Å². The van der Waals surface area contributed by atoms with Crippen LogP contribution in [0.2, 0.25) is 0 Å². The molecule has 124 valence electrons. The Morgan fingerprint density at radius 2 is 1.71 bits per heavy atom. The fourth-order valence-electron chi connectivity index (χ4n) is 2.13. The molecule has 0 saturated heterocycles. The first-order valence-corrected chi connectivity index (χ1v) is 6.49. The number of aromatic nitrogens is 2. The van der Waals surface area contributed by atoms with Crippen LogP contribution >= 0.6 is 0 Å². The number of nitrogens with zero attached hydrogens (tertiary/aromatic N) is 1. The second-order valence-electron chi connectivity index (χ2n) is 4.72. The molecule has 24 heavy (non-hydrogen) atoms. The molecular formula is C15H7F5N2O2. The first-order chi connectivity index (χ1) is 11.3. The average molecular weight is 342 g/mol. The summed E-state index contributed by atoms with van der Waals surface area (Å²) in [5.41, 5.74) is -0.859. The van der Waals surface area contributed by atoms with Gasteiger partial charge < -0.3 is 9.72 Å². The highest BCUT2D eigenvalue weighted by atomic mass is 19.4. The maximum atomic E-state index is 14.1. The summed E-state index contributed by atoms with van der Waals surface area (Å²) in [7, 11) is 0. The van der Waals surface area contributed by atoms with Crippen molar-refractivity contribution in [1.29, 1.82) is 0 Å². The number of hydrogen-bond acceptors (Lipinski definition) is 3. The molecule has 0 amide bonds. The Labute approximate surface area is 130 Å². The molecule has 0 atom stereocenters. The lowest BCUT2D eigenvalue weighted by Gasteiger charge is -2.11. The molecule has 0 aliphatic carbocycles. The number of rotatable bonds is 2. The summed E-state index contributed by atoms with van der Waals surface area (Å²) in [6.45, 7) is 0. The molecule has 0 fully saturated rings. The molecule has 0 unspecified atom stereocenters. The van der Waals surface area contributed by atoms with Gasteiger partial charge in [-0.2, -0.15) is 4.39 Å². The van der Waals surface area contributed by atoms with Crippen LogP contribution in [0.4, 0.5) is 22.0 Å². The van der Waals surface area contributed by atoms with Gasteiger partial charge in [0.2, 0.25) is 5.82 Å². The zero-order valence-corrected chi connectivity index (χ0v) is 11.6. The molecule has 0 aliphatic rings. The van der Waals surface area contributed by atoms with Crippen LogP contribution in [-0.2, 0) is 0 Å². The van der Waals surface area contributed by atoms with Crippen LogP contribution in [-0.4, -0.2) is 16.3 Å². The van der Waals surface area contributed by atoms with Gasteiger partial charge in [0.05, 0.1) is 16.5 Å². The van der Waals surface area contributed by atoms with Gasteiger partial charge in [-0.3, -0.25) is 4.79 Å². The van der Waals surface area contributed by atoms with Crippen LogP contribution in [0.5, 0.6) is 5.75 Å². The van der Waals surface area contributed by atoms with Crippen LogP contribution < -0.4 is 10.3 Å². The molecule has 1 N–H and O–H groups in total. The number of para-hydroxylation sites is 1. The lowest BCUT2D eigenvalue weighted by Crippen LogP contribution is -2.18. The van der Waals surface area contributed by atoms with Gasteiger partial charge in [0.25, 0.3) is 5.56 Å². The van der Waals surface area contributed by atoms with E-state index in [1.807, 2.05) is 0 Å². The van der Waals surface area contributed by atoms with E-state index in [0.717, 1.165) is 6.07 Å². The minimum Gasteiger partial charge on any atom is -0.403 e. The largest absolute Gasteiger partial charge is 0.573 e. The smallest absolute Gasteiger partial charge is 0.403 e. The molecule has 0 saturated carbocycles. The third-order valence-electron chi connectivity index (χ3n) is 3.14. The molecule has 9 heteroatoms. The van der Waals surface area contributed by atoms with Crippen molar-refractivity contribution >= 4 is 10.9 Å². The quantitative estimate of drug-likeness (QED) is 0.722. The van der Waals surface area contributed by atoms with E-state index in [1.54, 1.807) is 12.1 Å². The highest BCUT2D eigenvalue weighted by Crippen LogP contribution is 2.31. The molecule has 0 spiro atoms. The Bertz CT molecular complexity index is 982. The van der Waals surface area contributed by atoms with Gasteiger partial charge in [-0.25, -0.2) is 9.37 Å². The predicted octanol–water partition coefficient (Wildman–Crippen LogP) is 3.77. The van der Waals surface area contributed by atoms with Crippen molar-refractivity contribution in [2.75, 3.05) is 0 Å². The van der Waals surface area contributed by atoms with E-state index in [9.17, 15) is 26.7 Å². The lowest BCUT2D eigenvalue weighted by atomic mass is 10.1. The number of hydrogen-bond donors (Lipinski definition) is 1. The molecule has 0 radical (unpaired) electrons. The fraction of sp³-hybridized carbons (Fsp3) is 0.0667. The first-order valence-electron chi connectivity index (χ1n) is 6.49. The van der Waals surface area contributed by atoms with Crippen molar-refractivity contribution in [3.63, 3.8) is 0 Å². The topological polar surface area (TPSA) is 55.0 Å². The number of nitrogens with one attached hydrogen (secondary N) is 1. The van der Waals surface area contributed by atoms with Gasteiger partial charge in [-0.15, -0.1) is 13.2 Å². The number of halogens is 5. The summed E-state index contributed by atoms with van der Waals surface area (Å²) in [6, 6.07) is 7.62.